The summed E-state index contributed by atoms with van der Waals surface area (Å²) in [7, 11) is 4.46. The van der Waals surface area contributed by atoms with Gasteiger partial charge in [-0.05, 0) is 52.2 Å². The van der Waals surface area contributed by atoms with Gasteiger partial charge in [0.2, 0.25) is 0 Å². The van der Waals surface area contributed by atoms with Gasteiger partial charge in [0.1, 0.15) is 0 Å². The van der Waals surface area contributed by atoms with Crippen molar-refractivity contribution in [2.24, 2.45) is 17.6 Å². The van der Waals surface area contributed by atoms with Crippen molar-refractivity contribution in [3.63, 3.8) is 0 Å². The fourth-order valence-corrected chi connectivity index (χ4v) is 3.06. The molecule has 1 rings (SSSR count). The molecular weight excluding hydrogens is 210 g/mol. The lowest BCUT2D eigenvalue weighted by molar-refractivity contribution is 0.101. The molecule has 0 saturated carbocycles. The summed E-state index contributed by atoms with van der Waals surface area (Å²) in [4.78, 5) is 4.93. The van der Waals surface area contributed by atoms with Gasteiger partial charge in [0.15, 0.2) is 0 Å². The van der Waals surface area contributed by atoms with Crippen LogP contribution in [-0.4, -0.2) is 55.6 Å². The summed E-state index contributed by atoms with van der Waals surface area (Å²) >= 11 is 0. The van der Waals surface area contributed by atoms with Crippen molar-refractivity contribution < 1.29 is 0 Å². The highest BCUT2D eigenvalue weighted by molar-refractivity contribution is 4.88. The van der Waals surface area contributed by atoms with Crippen LogP contribution in [0.1, 0.15) is 33.6 Å². The van der Waals surface area contributed by atoms with Crippen LogP contribution in [0.25, 0.3) is 0 Å². The summed E-state index contributed by atoms with van der Waals surface area (Å²) < 4.78 is 0. The molecule has 2 N–H and O–H groups in total. The number of hydrogen-bond acceptors (Lipinski definition) is 3. The first-order valence-electron chi connectivity index (χ1n) is 6.97. The molecule has 1 saturated heterocycles. The summed E-state index contributed by atoms with van der Waals surface area (Å²) in [5, 5.41) is 0. The molecule has 0 radical (unpaired) electrons. The van der Waals surface area contributed by atoms with E-state index < -0.39 is 0 Å². The van der Waals surface area contributed by atoms with Crippen LogP contribution in [0.15, 0.2) is 0 Å². The van der Waals surface area contributed by atoms with E-state index in [4.69, 9.17) is 5.73 Å². The number of likely N-dealkylation sites (N-methyl/N-ethyl adjacent to an activating group) is 1. The Hall–Kier alpha value is -0.120. The standard InChI is InChI=1S/C14H31N3/c1-12(2)8-14(3,11-15)17(5)10-13-6-7-16(4)9-13/h12-13H,6-11,15H2,1-5H3. The van der Waals surface area contributed by atoms with Gasteiger partial charge in [0, 0.05) is 25.2 Å². The van der Waals surface area contributed by atoms with E-state index in [1.54, 1.807) is 0 Å². The predicted octanol–water partition coefficient (Wildman–Crippen LogP) is 1.63. The molecule has 3 heteroatoms. The summed E-state index contributed by atoms with van der Waals surface area (Å²) in [6.07, 6.45) is 2.52. The van der Waals surface area contributed by atoms with Crippen LogP contribution in [0, 0.1) is 11.8 Å². The van der Waals surface area contributed by atoms with Gasteiger partial charge in [0.25, 0.3) is 0 Å². The van der Waals surface area contributed by atoms with Gasteiger partial charge in [-0.1, -0.05) is 13.8 Å². The molecule has 0 aromatic rings. The van der Waals surface area contributed by atoms with Gasteiger partial charge < -0.3 is 10.6 Å². The third-order valence-corrected chi connectivity index (χ3v) is 4.23. The second kappa shape index (κ2) is 6.17. The fourth-order valence-electron chi connectivity index (χ4n) is 3.06. The summed E-state index contributed by atoms with van der Waals surface area (Å²) in [6, 6.07) is 0. The van der Waals surface area contributed by atoms with E-state index >= 15 is 0 Å². The molecule has 1 aliphatic rings. The van der Waals surface area contributed by atoms with E-state index in [-0.39, 0.29) is 5.54 Å². The van der Waals surface area contributed by atoms with Crippen molar-refractivity contribution in [2.45, 2.75) is 39.2 Å². The van der Waals surface area contributed by atoms with E-state index in [0.29, 0.717) is 5.92 Å². The lowest BCUT2D eigenvalue weighted by atomic mass is 9.88. The molecule has 2 unspecified atom stereocenters. The van der Waals surface area contributed by atoms with E-state index in [9.17, 15) is 0 Å². The van der Waals surface area contributed by atoms with Crippen LogP contribution in [0.2, 0.25) is 0 Å². The molecule has 0 bridgehead atoms. The molecule has 3 nitrogen and oxygen atoms in total. The van der Waals surface area contributed by atoms with Crippen LogP contribution in [0.5, 0.6) is 0 Å². The van der Waals surface area contributed by atoms with Crippen LogP contribution in [0.4, 0.5) is 0 Å². The van der Waals surface area contributed by atoms with Crippen molar-refractivity contribution in [1.29, 1.82) is 0 Å². The smallest absolute Gasteiger partial charge is 0.0303 e. The maximum atomic E-state index is 6.01. The average Bonchev–Trinajstić information content (AvgIpc) is 2.62. The van der Waals surface area contributed by atoms with Crippen molar-refractivity contribution in [1.82, 2.24) is 9.80 Å². The van der Waals surface area contributed by atoms with E-state index in [0.717, 1.165) is 12.5 Å². The van der Waals surface area contributed by atoms with E-state index in [2.05, 4.69) is 44.7 Å². The minimum atomic E-state index is 0.162. The van der Waals surface area contributed by atoms with Gasteiger partial charge in [-0.2, -0.15) is 0 Å². The largest absolute Gasteiger partial charge is 0.329 e. The Kier molecular flexibility index (Phi) is 5.42. The molecule has 0 aliphatic carbocycles. The third-order valence-electron chi connectivity index (χ3n) is 4.23. The molecule has 2 atom stereocenters. The van der Waals surface area contributed by atoms with Gasteiger partial charge in [-0.3, -0.25) is 4.90 Å². The van der Waals surface area contributed by atoms with Crippen molar-refractivity contribution in [2.75, 3.05) is 40.3 Å². The normalized spacial score (nSPS) is 25.8. The molecular formula is C14H31N3. The number of rotatable bonds is 6. The Bertz CT molecular complexity index is 230. The molecule has 102 valence electrons. The molecule has 1 heterocycles. The minimum Gasteiger partial charge on any atom is -0.329 e. The fraction of sp³-hybridized carbons (Fsp3) is 1.00. The van der Waals surface area contributed by atoms with E-state index in [1.807, 2.05) is 0 Å². The monoisotopic (exact) mass is 241 g/mol. The van der Waals surface area contributed by atoms with Crippen LogP contribution in [-0.2, 0) is 0 Å². The Morgan fingerprint density at radius 2 is 2.12 bits per heavy atom. The highest BCUT2D eigenvalue weighted by Gasteiger charge is 2.31. The molecule has 1 aliphatic heterocycles. The highest BCUT2D eigenvalue weighted by atomic mass is 15.2. The maximum Gasteiger partial charge on any atom is 0.0303 e. The Labute approximate surface area is 107 Å². The van der Waals surface area contributed by atoms with Gasteiger partial charge in [-0.15, -0.1) is 0 Å². The van der Waals surface area contributed by atoms with Gasteiger partial charge in [0.05, 0.1) is 0 Å². The first-order valence-corrected chi connectivity index (χ1v) is 6.97. The van der Waals surface area contributed by atoms with Crippen molar-refractivity contribution in [3.05, 3.63) is 0 Å². The topological polar surface area (TPSA) is 32.5 Å². The average molecular weight is 241 g/mol. The Morgan fingerprint density at radius 3 is 2.53 bits per heavy atom. The summed E-state index contributed by atoms with van der Waals surface area (Å²) in [5.74, 6) is 1.53. The minimum absolute atomic E-state index is 0.162. The molecule has 0 spiro atoms. The van der Waals surface area contributed by atoms with Crippen molar-refractivity contribution >= 4 is 0 Å². The van der Waals surface area contributed by atoms with Gasteiger partial charge >= 0.3 is 0 Å². The maximum absolute atomic E-state index is 6.01. The number of nitrogens with zero attached hydrogens (tertiary/aromatic N) is 2. The summed E-state index contributed by atoms with van der Waals surface area (Å²) in [5.41, 5.74) is 6.17. The second-order valence-electron chi connectivity index (χ2n) is 6.60. The van der Waals surface area contributed by atoms with E-state index in [1.165, 1.54) is 32.5 Å². The predicted molar refractivity (Wildman–Crippen MR) is 75.1 cm³/mol. The molecule has 1 fully saturated rings. The van der Waals surface area contributed by atoms with Crippen LogP contribution < -0.4 is 5.73 Å². The molecule has 17 heavy (non-hydrogen) atoms. The van der Waals surface area contributed by atoms with Crippen LogP contribution >= 0.6 is 0 Å². The number of nitrogens with two attached hydrogens (primary N) is 1. The van der Waals surface area contributed by atoms with Crippen LogP contribution in [0.3, 0.4) is 0 Å². The molecule has 0 amide bonds. The zero-order chi connectivity index (χ0) is 13.1. The molecule has 0 aromatic heterocycles. The zero-order valence-corrected chi connectivity index (χ0v) is 12.4. The Morgan fingerprint density at radius 1 is 1.47 bits per heavy atom. The molecule has 0 aromatic carbocycles. The quantitative estimate of drug-likeness (QED) is 0.767. The highest BCUT2D eigenvalue weighted by Crippen LogP contribution is 2.25. The lowest BCUT2D eigenvalue weighted by Crippen LogP contribution is -2.52. The first-order chi connectivity index (χ1) is 7.87. The third kappa shape index (κ3) is 4.23. The Balaban J connectivity index is 2.50. The summed E-state index contributed by atoms with van der Waals surface area (Å²) in [6.45, 7) is 11.3. The van der Waals surface area contributed by atoms with Gasteiger partial charge in [-0.25, -0.2) is 0 Å². The number of likely N-dealkylation sites (tertiary alicyclic amines) is 1. The number of hydrogen-bond donors (Lipinski definition) is 1. The zero-order valence-electron chi connectivity index (χ0n) is 12.4. The SMILES string of the molecule is CC(C)CC(C)(CN)N(C)CC1CCN(C)C1. The first kappa shape index (κ1) is 14.9. The van der Waals surface area contributed by atoms with Crippen molar-refractivity contribution in [3.8, 4) is 0 Å². The lowest BCUT2D eigenvalue weighted by Gasteiger charge is -2.40. The second-order valence-corrected chi connectivity index (χ2v) is 6.60.